The maximum Gasteiger partial charge on any atom is 0.129 e. The van der Waals surface area contributed by atoms with Gasteiger partial charge in [-0.1, -0.05) is 0 Å². The van der Waals surface area contributed by atoms with Crippen LogP contribution in [0.4, 0.5) is 0 Å². The van der Waals surface area contributed by atoms with Crippen molar-refractivity contribution < 1.29 is 9.57 Å². The van der Waals surface area contributed by atoms with Gasteiger partial charge >= 0.3 is 0 Å². The van der Waals surface area contributed by atoms with E-state index in [9.17, 15) is 0 Å². The van der Waals surface area contributed by atoms with Crippen molar-refractivity contribution in [2.24, 2.45) is 11.6 Å². The molecule has 0 aliphatic rings. The van der Waals surface area contributed by atoms with Crippen molar-refractivity contribution in [3.8, 4) is 5.75 Å². The minimum Gasteiger partial charge on any atom is -0.485 e. The molecule has 0 aliphatic carbocycles. The van der Waals surface area contributed by atoms with Crippen LogP contribution in [0.3, 0.4) is 0 Å². The van der Waals surface area contributed by atoms with E-state index in [0.717, 1.165) is 0 Å². The first-order valence-electron chi connectivity index (χ1n) is 4.90. The Morgan fingerprint density at radius 2 is 1.88 bits per heavy atom. The zero-order chi connectivity index (χ0) is 12.2. The van der Waals surface area contributed by atoms with Crippen molar-refractivity contribution in [1.29, 1.82) is 5.41 Å². The summed E-state index contributed by atoms with van der Waals surface area (Å²) < 4.78 is 5.66. The molecule has 1 aromatic carbocycles. The molecule has 0 aromatic heterocycles. The molecule has 5 N–H and O–H groups in total. The highest BCUT2D eigenvalue weighted by molar-refractivity contribution is 5.94. The van der Waals surface area contributed by atoms with Crippen molar-refractivity contribution in [1.82, 2.24) is 0 Å². The average molecular weight is 223 g/mol. The van der Waals surface area contributed by atoms with E-state index in [-0.39, 0.29) is 5.84 Å². The highest BCUT2D eigenvalue weighted by Crippen LogP contribution is 2.18. The van der Waals surface area contributed by atoms with Gasteiger partial charge in [0, 0.05) is 5.56 Å². The number of nitrogens with one attached hydrogen (secondary N) is 1. The van der Waals surface area contributed by atoms with Gasteiger partial charge in [0.05, 0.1) is 0 Å². The smallest absolute Gasteiger partial charge is 0.129 e. The Balaban J connectivity index is 2.72. The number of nitrogen functional groups attached to an aromatic ring is 1. The van der Waals surface area contributed by atoms with E-state index in [1.807, 2.05) is 13.8 Å². The van der Waals surface area contributed by atoms with Crippen LogP contribution in [0.1, 0.15) is 19.4 Å². The summed E-state index contributed by atoms with van der Waals surface area (Å²) in [5, 5.41) is 7.25. The number of nitrogens with two attached hydrogens (primary N) is 2. The SMILES string of the molecule is CC(C)(CON)Oc1ccc(C(=N)N)cc1. The lowest BCUT2D eigenvalue weighted by molar-refractivity contribution is -0.00396. The highest BCUT2D eigenvalue weighted by atomic mass is 16.6. The highest BCUT2D eigenvalue weighted by Gasteiger charge is 2.19. The number of rotatable bonds is 5. The monoisotopic (exact) mass is 223 g/mol. The lowest BCUT2D eigenvalue weighted by atomic mass is 10.1. The van der Waals surface area contributed by atoms with Crippen LogP contribution >= 0.6 is 0 Å². The lowest BCUT2D eigenvalue weighted by Gasteiger charge is -2.25. The van der Waals surface area contributed by atoms with Gasteiger partial charge in [0.15, 0.2) is 0 Å². The number of ether oxygens (including phenoxy) is 1. The van der Waals surface area contributed by atoms with Gasteiger partial charge in [-0.05, 0) is 38.1 Å². The van der Waals surface area contributed by atoms with E-state index in [1.165, 1.54) is 0 Å². The van der Waals surface area contributed by atoms with Crippen LogP contribution in [0, 0.1) is 5.41 Å². The van der Waals surface area contributed by atoms with Crippen molar-refractivity contribution in [3.63, 3.8) is 0 Å². The second-order valence-corrected chi connectivity index (χ2v) is 4.11. The third kappa shape index (κ3) is 3.52. The number of amidine groups is 1. The summed E-state index contributed by atoms with van der Waals surface area (Å²) in [5.74, 6) is 5.73. The third-order valence-corrected chi connectivity index (χ3v) is 1.99. The van der Waals surface area contributed by atoms with Crippen LogP contribution < -0.4 is 16.4 Å². The molecule has 5 heteroatoms. The largest absolute Gasteiger partial charge is 0.485 e. The summed E-state index contributed by atoms with van der Waals surface area (Å²) in [6.45, 7) is 4.04. The van der Waals surface area contributed by atoms with E-state index in [1.54, 1.807) is 24.3 Å². The quantitative estimate of drug-likeness (QED) is 0.394. The minimum atomic E-state index is -0.494. The van der Waals surface area contributed by atoms with Gasteiger partial charge in [-0.15, -0.1) is 0 Å². The van der Waals surface area contributed by atoms with Gasteiger partial charge in [0.1, 0.15) is 23.8 Å². The van der Waals surface area contributed by atoms with Crippen LogP contribution in [-0.4, -0.2) is 18.0 Å². The van der Waals surface area contributed by atoms with Gasteiger partial charge in [0.25, 0.3) is 0 Å². The molecule has 0 saturated heterocycles. The topological polar surface area (TPSA) is 94.4 Å². The van der Waals surface area contributed by atoms with Crippen LogP contribution in [0.5, 0.6) is 5.75 Å². The summed E-state index contributed by atoms with van der Waals surface area (Å²) in [5.41, 5.74) is 5.52. The van der Waals surface area contributed by atoms with Crippen LogP contribution in [-0.2, 0) is 4.84 Å². The van der Waals surface area contributed by atoms with E-state index in [0.29, 0.717) is 17.9 Å². The van der Waals surface area contributed by atoms with Gasteiger partial charge in [-0.2, -0.15) is 0 Å². The Labute approximate surface area is 94.8 Å². The molecule has 88 valence electrons. The molecule has 0 atom stereocenters. The fourth-order valence-corrected chi connectivity index (χ4v) is 1.25. The van der Waals surface area contributed by atoms with Crippen molar-refractivity contribution in [2.75, 3.05) is 6.61 Å². The average Bonchev–Trinajstić information content (AvgIpc) is 2.17. The van der Waals surface area contributed by atoms with Gasteiger partial charge in [-0.3, -0.25) is 5.41 Å². The molecule has 0 aliphatic heterocycles. The Bertz CT molecular complexity index is 360. The fraction of sp³-hybridized carbons (Fsp3) is 0.364. The van der Waals surface area contributed by atoms with Crippen LogP contribution in [0.25, 0.3) is 0 Å². The van der Waals surface area contributed by atoms with Crippen molar-refractivity contribution >= 4 is 5.84 Å². The van der Waals surface area contributed by atoms with Crippen LogP contribution in [0.2, 0.25) is 0 Å². The molecular weight excluding hydrogens is 206 g/mol. The second kappa shape index (κ2) is 4.96. The molecule has 0 spiro atoms. The Hall–Kier alpha value is -1.59. The first kappa shape index (κ1) is 12.5. The molecule has 5 nitrogen and oxygen atoms in total. The molecule has 1 aromatic rings. The Kier molecular flexibility index (Phi) is 3.87. The maximum atomic E-state index is 7.25. The standard InChI is InChI=1S/C11H17N3O2/c1-11(2,7-15-14)16-9-5-3-8(4-6-9)10(12)13/h3-6H,7,14H2,1-2H3,(H3,12,13). The first-order chi connectivity index (χ1) is 7.44. The summed E-state index contributed by atoms with van der Waals surface area (Å²) in [6, 6.07) is 6.98. The Morgan fingerprint density at radius 1 is 1.31 bits per heavy atom. The van der Waals surface area contributed by atoms with Crippen molar-refractivity contribution in [3.05, 3.63) is 29.8 Å². The predicted octanol–water partition coefficient (Wildman–Crippen LogP) is 1.02. The van der Waals surface area contributed by atoms with Gasteiger partial charge in [0.2, 0.25) is 0 Å². The van der Waals surface area contributed by atoms with Gasteiger partial charge in [-0.25, -0.2) is 5.90 Å². The third-order valence-electron chi connectivity index (χ3n) is 1.99. The molecule has 0 unspecified atom stereocenters. The maximum absolute atomic E-state index is 7.25. The Morgan fingerprint density at radius 3 is 2.31 bits per heavy atom. The van der Waals surface area contributed by atoms with Crippen molar-refractivity contribution in [2.45, 2.75) is 19.4 Å². The van der Waals surface area contributed by atoms with E-state index in [2.05, 4.69) is 4.84 Å². The minimum absolute atomic E-state index is 0.0381. The molecule has 0 heterocycles. The molecule has 0 fully saturated rings. The number of hydrogen-bond acceptors (Lipinski definition) is 4. The zero-order valence-electron chi connectivity index (χ0n) is 9.49. The van der Waals surface area contributed by atoms with E-state index >= 15 is 0 Å². The normalized spacial score (nSPS) is 11.2. The fourth-order valence-electron chi connectivity index (χ4n) is 1.25. The van der Waals surface area contributed by atoms with Crippen LogP contribution in [0.15, 0.2) is 24.3 Å². The molecular formula is C11H17N3O2. The zero-order valence-corrected chi connectivity index (χ0v) is 9.49. The summed E-state index contributed by atoms with van der Waals surface area (Å²) >= 11 is 0. The summed E-state index contributed by atoms with van der Waals surface area (Å²) in [7, 11) is 0. The number of hydrogen-bond donors (Lipinski definition) is 3. The molecule has 0 radical (unpaired) electrons. The van der Waals surface area contributed by atoms with Gasteiger partial charge < -0.3 is 15.3 Å². The molecule has 1 rings (SSSR count). The number of benzene rings is 1. The lowest BCUT2D eigenvalue weighted by Crippen LogP contribution is -2.35. The second-order valence-electron chi connectivity index (χ2n) is 4.11. The molecule has 0 saturated carbocycles. The molecule has 16 heavy (non-hydrogen) atoms. The molecule has 0 bridgehead atoms. The molecule has 0 amide bonds. The summed E-state index contributed by atoms with van der Waals surface area (Å²) in [4.78, 5) is 4.56. The predicted molar refractivity (Wildman–Crippen MR) is 62.3 cm³/mol. The van der Waals surface area contributed by atoms with E-state index < -0.39 is 5.60 Å². The first-order valence-corrected chi connectivity index (χ1v) is 4.90. The summed E-state index contributed by atoms with van der Waals surface area (Å²) in [6.07, 6.45) is 0. The van der Waals surface area contributed by atoms with E-state index in [4.69, 9.17) is 21.8 Å².